The molecule has 0 aromatic carbocycles. The summed E-state index contributed by atoms with van der Waals surface area (Å²) in [7, 11) is -2.74. The van der Waals surface area contributed by atoms with Crippen LogP contribution in [-0.2, 0) is 35.8 Å². The van der Waals surface area contributed by atoms with Crippen LogP contribution in [0.3, 0.4) is 0 Å². The number of imidazole rings is 1. The molecule has 0 N–H and O–H groups in total. The Kier molecular flexibility index (Phi) is 5.69. The normalized spacial score (nSPS) is 17.7. The van der Waals surface area contributed by atoms with Crippen LogP contribution >= 0.6 is 0 Å². The van der Waals surface area contributed by atoms with Crippen molar-refractivity contribution in [2.24, 2.45) is 13.0 Å². The summed E-state index contributed by atoms with van der Waals surface area (Å²) >= 11 is 0. The second-order valence-corrected chi connectivity index (χ2v) is 10.3. The van der Waals surface area contributed by atoms with Crippen molar-refractivity contribution >= 4 is 21.0 Å². The second kappa shape index (κ2) is 7.86. The molecule has 0 radical (unpaired) electrons. The molecule has 3 aromatic rings. The molecule has 1 aliphatic heterocycles. The van der Waals surface area contributed by atoms with Crippen LogP contribution in [0.1, 0.15) is 24.6 Å². The molecule has 1 unspecified atom stereocenters. The first-order valence-corrected chi connectivity index (χ1v) is 11.8. The van der Waals surface area contributed by atoms with Gasteiger partial charge in [-0.15, -0.1) is 0 Å². The zero-order valence-electron chi connectivity index (χ0n) is 18.0. The Morgan fingerprint density at radius 1 is 1.11 bits per heavy atom. The topological polar surface area (TPSA) is 82.7 Å². The molecule has 3 aromatic heterocycles. The maximum absolute atomic E-state index is 13.8. The van der Waals surface area contributed by atoms with Gasteiger partial charge >= 0.3 is 18.3 Å². The summed E-state index contributed by atoms with van der Waals surface area (Å²) in [6, 6.07) is 0.475. The number of halogens is 8. The lowest BCUT2D eigenvalue weighted by Gasteiger charge is -2.25. The third-order valence-corrected chi connectivity index (χ3v) is 7.74. The average molecular weight is 531 g/mol. The summed E-state index contributed by atoms with van der Waals surface area (Å²) < 4.78 is 134. The summed E-state index contributed by atoms with van der Waals surface area (Å²) in [5.41, 5.74) is -2.30. The van der Waals surface area contributed by atoms with E-state index in [1.807, 2.05) is 0 Å². The van der Waals surface area contributed by atoms with E-state index in [0.717, 1.165) is 9.25 Å². The van der Waals surface area contributed by atoms with Gasteiger partial charge in [-0.2, -0.15) is 40.2 Å². The van der Waals surface area contributed by atoms with Crippen molar-refractivity contribution in [3.63, 3.8) is 0 Å². The van der Waals surface area contributed by atoms with E-state index in [1.54, 1.807) is 0 Å². The third kappa shape index (κ3) is 4.04. The van der Waals surface area contributed by atoms with Crippen molar-refractivity contribution in [1.29, 1.82) is 0 Å². The Morgan fingerprint density at radius 3 is 2.34 bits per heavy atom. The number of rotatable bonds is 4. The zero-order valence-corrected chi connectivity index (χ0v) is 18.9. The van der Waals surface area contributed by atoms with E-state index in [9.17, 15) is 43.5 Å². The molecular formula is C19H17F8N5O2S. The number of aromatic nitrogens is 5. The van der Waals surface area contributed by atoms with Crippen LogP contribution in [0, 0.1) is 5.92 Å². The Balaban J connectivity index is 1.91. The van der Waals surface area contributed by atoms with Gasteiger partial charge in [-0.3, -0.25) is 4.68 Å². The van der Waals surface area contributed by atoms with Crippen molar-refractivity contribution in [1.82, 2.24) is 24.3 Å². The molecule has 0 spiro atoms. The van der Waals surface area contributed by atoms with E-state index in [2.05, 4.69) is 15.1 Å². The lowest BCUT2D eigenvalue weighted by molar-refractivity contribution is -0.289. The highest BCUT2D eigenvalue weighted by molar-refractivity contribution is 7.91. The average Bonchev–Trinajstić information content (AvgIpc) is 3.29. The number of nitrogens with zero attached hydrogens (tertiary/aromatic N) is 5. The van der Waals surface area contributed by atoms with Gasteiger partial charge in [0.15, 0.2) is 21.3 Å². The molecule has 1 aliphatic rings. The molecule has 192 valence electrons. The minimum Gasteiger partial charge on any atom is -0.310 e. The van der Waals surface area contributed by atoms with E-state index in [0.29, 0.717) is 12.3 Å². The van der Waals surface area contributed by atoms with Crippen LogP contribution in [0.25, 0.3) is 22.7 Å². The van der Waals surface area contributed by atoms with Crippen molar-refractivity contribution in [3.05, 3.63) is 23.5 Å². The highest BCUT2D eigenvalue weighted by atomic mass is 32.2. The van der Waals surface area contributed by atoms with Gasteiger partial charge in [0.05, 0.1) is 29.5 Å². The second-order valence-electron chi connectivity index (χ2n) is 8.12. The van der Waals surface area contributed by atoms with Gasteiger partial charge in [-0.25, -0.2) is 18.4 Å². The lowest BCUT2D eigenvalue weighted by atomic mass is 9.98. The Hall–Kier alpha value is -2.78. The maximum Gasteiger partial charge on any atom is 0.458 e. The van der Waals surface area contributed by atoms with Gasteiger partial charge in [0, 0.05) is 13.2 Å². The number of sulfone groups is 1. The molecule has 0 bridgehead atoms. The van der Waals surface area contributed by atoms with E-state index in [4.69, 9.17) is 0 Å². The van der Waals surface area contributed by atoms with Crippen LogP contribution in [-0.4, -0.2) is 50.8 Å². The summed E-state index contributed by atoms with van der Waals surface area (Å²) in [6.07, 6.45) is -10.7. The molecule has 1 atom stereocenters. The van der Waals surface area contributed by atoms with Gasteiger partial charge in [-0.1, -0.05) is 6.92 Å². The van der Waals surface area contributed by atoms with E-state index in [1.165, 1.54) is 14.0 Å². The Labute approximate surface area is 192 Å². The molecular weight excluding hydrogens is 514 g/mol. The summed E-state index contributed by atoms with van der Waals surface area (Å²) in [5.74, 6) is -7.64. The summed E-state index contributed by atoms with van der Waals surface area (Å²) in [4.78, 5) is 7.28. The number of aryl methyl sites for hydroxylation is 1. The first kappa shape index (κ1) is 25.3. The molecule has 0 saturated carbocycles. The Morgan fingerprint density at radius 2 is 1.77 bits per heavy atom. The van der Waals surface area contributed by atoms with Crippen LogP contribution in [0.5, 0.6) is 0 Å². The van der Waals surface area contributed by atoms with Crippen LogP contribution in [0.2, 0.25) is 0 Å². The van der Waals surface area contributed by atoms with Crippen LogP contribution < -0.4 is 0 Å². The number of fused-ring (bicyclic) bond motifs is 2. The van der Waals surface area contributed by atoms with Gasteiger partial charge in [0.1, 0.15) is 16.1 Å². The molecule has 4 rings (SSSR count). The van der Waals surface area contributed by atoms with Crippen molar-refractivity contribution in [3.8, 4) is 11.5 Å². The fourth-order valence-electron chi connectivity index (χ4n) is 3.99. The maximum atomic E-state index is 13.8. The number of hydrogen-bond donors (Lipinski definition) is 0. The molecule has 0 saturated heterocycles. The number of hydrogen-bond acceptors (Lipinski definition) is 5. The minimum absolute atomic E-state index is 0.0478. The summed E-state index contributed by atoms with van der Waals surface area (Å²) in [6.45, 7) is 0.696. The number of alkyl halides is 8. The molecule has 35 heavy (non-hydrogen) atoms. The smallest absolute Gasteiger partial charge is 0.310 e. The fraction of sp³-hybridized carbons (Fsp3) is 0.526. The minimum atomic E-state index is -5.89. The highest BCUT2D eigenvalue weighted by Crippen LogP contribution is 2.44. The monoisotopic (exact) mass is 531 g/mol. The lowest BCUT2D eigenvalue weighted by Crippen LogP contribution is -2.33. The quantitative estimate of drug-likeness (QED) is 0.466. The van der Waals surface area contributed by atoms with Crippen molar-refractivity contribution in [2.45, 2.75) is 49.5 Å². The first-order chi connectivity index (χ1) is 16.0. The first-order valence-electron chi connectivity index (χ1n) is 10.2. The van der Waals surface area contributed by atoms with Crippen LogP contribution in [0.15, 0.2) is 17.2 Å². The third-order valence-electron chi connectivity index (χ3n) is 5.93. The van der Waals surface area contributed by atoms with Crippen LogP contribution in [0.4, 0.5) is 35.1 Å². The van der Waals surface area contributed by atoms with E-state index in [-0.39, 0.29) is 40.6 Å². The molecule has 0 amide bonds. The predicted molar refractivity (Wildman–Crippen MR) is 105 cm³/mol. The Bertz CT molecular complexity index is 1410. The zero-order chi connectivity index (χ0) is 26.1. The number of pyridine rings is 1. The predicted octanol–water partition coefficient (Wildman–Crippen LogP) is 4.40. The highest BCUT2D eigenvalue weighted by Gasteiger charge is 2.59. The van der Waals surface area contributed by atoms with Gasteiger partial charge < -0.3 is 4.57 Å². The van der Waals surface area contributed by atoms with Gasteiger partial charge in [0.2, 0.25) is 0 Å². The van der Waals surface area contributed by atoms with Gasteiger partial charge in [-0.05, 0) is 18.9 Å². The standard InChI is InChI=1S/C19H17F8N5O2S/c1-3-35(33,34)14-12-5-4-9(18(22,23)24)8-32(12)30-13(14)16-29-11-6-10(7-28-15(11)31(16)2)17(20,21)19(25,26)27/h6-7,9H,3-5,8H2,1-2H3. The van der Waals surface area contributed by atoms with E-state index >= 15 is 0 Å². The molecule has 16 heteroatoms. The van der Waals surface area contributed by atoms with Crippen molar-refractivity contribution < 1.29 is 43.5 Å². The SMILES string of the molecule is CCS(=O)(=O)c1c(-c2nc3cc(C(F)(F)C(F)(F)F)cnc3n2C)nn2c1CCC(C(F)(F)F)C2. The van der Waals surface area contributed by atoms with E-state index < -0.39 is 57.4 Å². The summed E-state index contributed by atoms with van der Waals surface area (Å²) in [5, 5.41) is 4.06. The van der Waals surface area contributed by atoms with Gasteiger partial charge in [0.25, 0.3) is 0 Å². The molecule has 4 heterocycles. The molecule has 0 fully saturated rings. The molecule has 7 nitrogen and oxygen atoms in total. The van der Waals surface area contributed by atoms with Crippen molar-refractivity contribution in [2.75, 3.05) is 5.75 Å². The molecule has 0 aliphatic carbocycles. The fourth-order valence-corrected chi connectivity index (χ4v) is 5.27. The largest absolute Gasteiger partial charge is 0.458 e.